The van der Waals surface area contributed by atoms with E-state index in [9.17, 15) is 9.59 Å². The molecule has 0 aromatic rings. The predicted octanol–water partition coefficient (Wildman–Crippen LogP) is 0.900. The number of amides is 2. The Labute approximate surface area is 108 Å². The van der Waals surface area contributed by atoms with E-state index >= 15 is 0 Å². The SMILES string of the molecule is CCCCN(CCO)C(=O)N[C@H](C(=O)O)C(C)C. The second-order valence-electron chi connectivity index (χ2n) is 4.57. The Morgan fingerprint density at radius 3 is 2.28 bits per heavy atom. The van der Waals surface area contributed by atoms with Gasteiger partial charge in [0, 0.05) is 13.1 Å². The lowest BCUT2D eigenvalue weighted by molar-refractivity contribution is -0.140. The first kappa shape index (κ1) is 16.7. The van der Waals surface area contributed by atoms with Crippen LogP contribution in [-0.2, 0) is 4.79 Å². The summed E-state index contributed by atoms with van der Waals surface area (Å²) < 4.78 is 0. The van der Waals surface area contributed by atoms with Gasteiger partial charge in [0.2, 0.25) is 0 Å². The van der Waals surface area contributed by atoms with Gasteiger partial charge in [0.1, 0.15) is 6.04 Å². The van der Waals surface area contributed by atoms with Gasteiger partial charge in [0.05, 0.1) is 6.61 Å². The van der Waals surface area contributed by atoms with Crippen molar-refractivity contribution in [2.24, 2.45) is 5.92 Å². The highest BCUT2D eigenvalue weighted by Crippen LogP contribution is 2.04. The molecule has 1 atom stereocenters. The number of aliphatic carboxylic acids is 1. The van der Waals surface area contributed by atoms with Gasteiger partial charge in [-0.05, 0) is 12.3 Å². The van der Waals surface area contributed by atoms with Crippen molar-refractivity contribution in [3.63, 3.8) is 0 Å². The largest absolute Gasteiger partial charge is 0.480 e. The van der Waals surface area contributed by atoms with Crippen molar-refractivity contribution in [2.45, 2.75) is 39.7 Å². The Bertz CT molecular complexity index is 269. The number of nitrogens with one attached hydrogen (secondary N) is 1. The fourth-order valence-electron chi connectivity index (χ4n) is 1.52. The highest BCUT2D eigenvalue weighted by Gasteiger charge is 2.25. The second-order valence-corrected chi connectivity index (χ2v) is 4.57. The number of urea groups is 1. The first-order chi connectivity index (χ1) is 8.43. The maximum absolute atomic E-state index is 11.9. The van der Waals surface area contributed by atoms with Crippen molar-refractivity contribution in [3.05, 3.63) is 0 Å². The van der Waals surface area contributed by atoms with Crippen molar-refractivity contribution in [2.75, 3.05) is 19.7 Å². The van der Waals surface area contributed by atoms with Crippen molar-refractivity contribution in [1.29, 1.82) is 0 Å². The first-order valence-corrected chi connectivity index (χ1v) is 6.33. The molecule has 0 aliphatic rings. The molecule has 0 radical (unpaired) electrons. The third-order valence-corrected chi connectivity index (χ3v) is 2.65. The molecule has 0 saturated heterocycles. The van der Waals surface area contributed by atoms with Gasteiger partial charge in [-0.2, -0.15) is 0 Å². The topological polar surface area (TPSA) is 89.9 Å². The van der Waals surface area contributed by atoms with E-state index < -0.39 is 18.0 Å². The smallest absolute Gasteiger partial charge is 0.326 e. The van der Waals surface area contributed by atoms with Crippen molar-refractivity contribution >= 4 is 12.0 Å². The monoisotopic (exact) mass is 260 g/mol. The molecule has 0 spiro atoms. The fourth-order valence-corrected chi connectivity index (χ4v) is 1.52. The molecule has 18 heavy (non-hydrogen) atoms. The Morgan fingerprint density at radius 2 is 1.89 bits per heavy atom. The number of carbonyl (C=O) groups is 2. The van der Waals surface area contributed by atoms with Crippen molar-refractivity contribution in [3.8, 4) is 0 Å². The highest BCUT2D eigenvalue weighted by atomic mass is 16.4. The number of unbranched alkanes of at least 4 members (excludes halogenated alkanes) is 1. The Morgan fingerprint density at radius 1 is 1.28 bits per heavy atom. The second kappa shape index (κ2) is 8.74. The molecule has 106 valence electrons. The van der Waals surface area contributed by atoms with Gasteiger partial charge in [0.25, 0.3) is 0 Å². The van der Waals surface area contributed by atoms with Crippen LogP contribution in [0.1, 0.15) is 33.6 Å². The summed E-state index contributed by atoms with van der Waals surface area (Å²) in [5, 5.41) is 20.4. The van der Waals surface area contributed by atoms with Crippen molar-refractivity contribution in [1.82, 2.24) is 10.2 Å². The lowest BCUT2D eigenvalue weighted by Crippen LogP contribution is -2.51. The molecule has 0 rings (SSSR count). The summed E-state index contributed by atoms with van der Waals surface area (Å²) in [6.07, 6.45) is 1.76. The molecule has 6 nitrogen and oxygen atoms in total. The third-order valence-electron chi connectivity index (χ3n) is 2.65. The number of nitrogens with zero attached hydrogens (tertiary/aromatic N) is 1. The van der Waals surface area contributed by atoms with Gasteiger partial charge in [-0.25, -0.2) is 9.59 Å². The molecule has 0 heterocycles. The van der Waals surface area contributed by atoms with Gasteiger partial charge >= 0.3 is 12.0 Å². The molecule has 0 saturated carbocycles. The van der Waals surface area contributed by atoms with Crippen LogP contribution >= 0.6 is 0 Å². The van der Waals surface area contributed by atoms with Crippen LogP contribution in [0.2, 0.25) is 0 Å². The van der Waals surface area contributed by atoms with Crippen molar-refractivity contribution < 1.29 is 19.8 Å². The van der Waals surface area contributed by atoms with E-state index in [2.05, 4.69) is 5.32 Å². The molecular weight excluding hydrogens is 236 g/mol. The summed E-state index contributed by atoms with van der Waals surface area (Å²) in [5.41, 5.74) is 0. The molecule has 0 aliphatic carbocycles. The minimum Gasteiger partial charge on any atom is -0.480 e. The number of hydrogen-bond donors (Lipinski definition) is 3. The molecule has 6 heteroatoms. The number of carboxylic acids is 1. The van der Waals surface area contributed by atoms with Crippen LogP contribution < -0.4 is 5.32 Å². The van der Waals surface area contributed by atoms with E-state index in [-0.39, 0.29) is 19.1 Å². The maximum atomic E-state index is 11.9. The van der Waals surface area contributed by atoms with Crippen LogP contribution in [0.3, 0.4) is 0 Å². The fraction of sp³-hybridized carbons (Fsp3) is 0.833. The minimum atomic E-state index is -1.04. The quantitative estimate of drug-likeness (QED) is 0.605. The molecule has 3 N–H and O–H groups in total. The number of aliphatic hydroxyl groups is 1. The van der Waals surface area contributed by atoms with Gasteiger partial charge < -0.3 is 20.4 Å². The van der Waals surface area contributed by atoms with Gasteiger partial charge in [-0.15, -0.1) is 0 Å². The van der Waals surface area contributed by atoms with Crippen LogP contribution in [0.5, 0.6) is 0 Å². The summed E-state index contributed by atoms with van der Waals surface area (Å²) >= 11 is 0. The molecule has 0 bridgehead atoms. The van der Waals surface area contributed by atoms with Crippen LogP contribution in [0.4, 0.5) is 4.79 Å². The zero-order chi connectivity index (χ0) is 14.1. The van der Waals surface area contributed by atoms with E-state index in [1.165, 1.54) is 4.90 Å². The van der Waals surface area contributed by atoms with Crippen LogP contribution in [-0.4, -0.2) is 52.9 Å². The minimum absolute atomic E-state index is 0.128. The van der Waals surface area contributed by atoms with Gasteiger partial charge in [-0.1, -0.05) is 27.2 Å². The Balaban J connectivity index is 4.50. The van der Waals surface area contributed by atoms with Gasteiger partial charge in [0.15, 0.2) is 0 Å². The van der Waals surface area contributed by atoms with E-state index in [1.807, 2.05) is 6.92 Å². The average molecular weight is 260 g/mol. The van der Waals surface area contributed by atoms with E-state index in [0.29, 0.717) is 6.54 Å². The number of aliphatic hydroxyl groups excluding tert-OH is 1. The standard InChI is InChI=1S/C12H24N2O4/c1-4-5-6-14(7-8-15)12(18)13-10(9(2)3)11(16)17/h9-10,15H,4-8H2,1-3H3,(H,13,18)(H,16,17)/t10-/m0/s1. The zero-order valence-corrected chi connectivity index (χ0v) is 11.3. The van der Waals surface area contributed by atoms with E-state index in [1.54, 1.807) is 13.8 Å². The van der Waals surface area contributed by atoms with E-state index in [4.69, 9.17) is 10.2 Å². The number of hydrogen-bond acceptors (Lipinski definition) is 3. The average Bonchev–Trinajstić information content (AvgIpc) is 2.30. The summed E-state index contributed by atoms with van der Waals surface area (Å²) in [6, 6.07) is -1.33. The molecule has 0 aromatic heterocycles. The highest BCUT2D eigenvalue weighted by molar-refractivity contribution is 5.82. The third kappa shape index (κ3) is 5.86. The zero-order valence-electron chi connectivity index (χ0n) is 11.3. The van der Waals surface area contributed by atoms with Crippen LogP contribution in [0.25, 0.3) is 0 Å². The molecule has 0 unspecified atom stereocenters. The molecule has 0 aromatic carbocycles. The molecular formula is C12H24N2O4. The Kier molecular flexibility index (Phi) is 8.11. The molecule has 2 amide bonds. The van der Waals surface area contributed by atoms with E-state index in [0.717, 1.165) is 12.8 Å². The number of carbonyl (C=O) groups excluding carboxylic acids is 1. The lowest BCUT2D eigenvalue weighted by atomic mass is 10.1. The predicted molar refractivity (Wildman–Crippen MR) is 68.4 cm³/mol. The maximum Gasteiger partial charge on any atom is 0.326 e. The first-order valence-electron chi connectivity index (χ1n) is 6.33. The molecule has 0 fully saturated rings. The summed E-state index contributed by atoms with van der Waals surface area (Å²) in [7, 11) is 0. The molecule has 0 aliphatic heterocycles. The van der Waals surface area contributed by atoms with Crippen LogP contribution in [0, 0.1) is 5.92 Å². The summed E-state index contributed by atoms with van der Waals surface area (Å²) in [5.74, 6) is -1.23. The van der Waals surface area contributed by atoms with Gasteiger partial charge in [-0.3, -0.25) is 0 Å². The van der Waals surface area contributed by atoms with Crippen LogP contribution in [0.15, 0.2) is 0 Å². The number of rotatable bonds is 8. The summed E-state index contributed by atoms with van der Waals surface area (Å²) in [4.78, 5) is 24.3. The number of carboxylic acid groups (broad SMARTS) is 1. The summed E-state index contributed by atoms with van der Waals surface area (Å²) in [6.45, 7) is 6.09. The Hall–Kier alpha value is -1.30. The lowest BCUT2D eigenvalue weighted by Gasteiger charge is -2.25. The normalized spacial score (nSPS) is 12.3.